The predicted molar refractivity (Wildman–Crippen MR) is 111 cm³/mol. The number of hydrogen-bond donors (Lipinski definition) is 1. The van der Waals surface area contributed by atoms with Crippen molar-refractivity contribution in [2.45, 2.75) is 25.9 Å². The van der Waals surface area contributed by atoms with Crippen LogP contribution in [0.15, 0.2) is 58.3 Å². The van der Waals surface area contributed by atoms with Gasteiger partial charge in [0.15, 0.2) is 11.5 Å². The van der Waals surface area contributed by atoms with Gasteiger partial charge in [0.2, 0.25) is 12.7 Å². The van der Waals surface area contributed by atoms with E-state index in [4.69, 9.17) is 9.47 Å². The molecule has 1 unspecified atom stereocenters. The van der Waals surface area contributed by atoms with Crippen molar-refractivity contribution < 1.29 is 14.3 Å². The highest BCUT2D eigenvalue weighted by molar-refractivity contribution is 5.79. The summed E-state index contributed by atoms with van der Waals surface area (Å²) >= 11 is 0. The van der Waals surface area contributed by atoms with Gasteiger partial charge >= 0.3 is 0 Å². The topological polar surface area (TPSA) is 117 Å². The molecule has 3 aromatic rings. The van der Waals surface area contributed by atoms with Crippen molar-refractivity contribution in [3.8, 4) is 22.8 Å². The summed E-state index contributed by atoms with van der Waals surface area (Å²) in [5.41, 5.74) is 0.698. The lowest BCUT2D eigenvalue weighted by molar-refractivity contribution is -0.124. The molecular weight excluding hydrogens is 402 g/mol. The molecule has 2 aromatic heterocycles. The molecule has 0 saturated carbocycles. The van der Waals surface area contributed by atoms with Gasteiger partial charge in [-0.3, -0.25) is 14.4 Å². The van der Waals surface area contributed by atoms with Crippen LogP contribution in [0.4, 0.5) is 0 Å². The number of fused-ring (bicyclic) bond motifs is 1. The van der Waals surface area contributed by atoms with Crippen molar-refractivity contribution in [2.24, 2.45) is 0 Å². The maximum Gasteiger partial charge on any atom is 0.267 e. The zero-order valence-electron chi connectivity index (χ0n) is 16.9. The van der Waals surface area contributed by atoms with E-state index in [1.54, 1.807) is 31.2 Å². The van der Waals surface area contributed by atoms with E-state index in [0.717, 1.165) is 10.2 Å². The van der Waals surface area contributed by atoms with Crippen LogP contribution >= 0.6 is 0 Å². The molecule has 1 aliphatic heterocycles. The zero-order chi connectivity index (χ0) is 21.8. The molecule has 3 heterocycles. The summed E-state index contributed by atoms with van der Waals surface area (Å²) in [5, 5.41) is 11.1. The maximum absolute atomic E-state index is 12.5. The molecule has 0 aliphatic carbocycles. The number of ether oxygens (including phenoxy) is 2. The van der Waals surface area contributed by atoms with E-state index in [1.807, 2.05) is 6.07 Å². The molecule has 1 atom stereocenters. The first kappa shape index (κ1) is 20.3. The first-order chi connectivity index (χ1) is 15.0. The van der Waals surface area contributed by atoms with Crippen molar-refractivity contribution in [3.63, 3.8) is 0 Å². The van der Waals surface area contributed by atoms with E-state index < -0.39 is 6.04 Å². The molecule has 10 heteroatoms. The van der Waals surface area contributed by atoms with Gasteiger partial charge < -0.3 is 14.8 Å². The van der Waals surface area contributed by atoms with Crippen LogP contribution in [-0.4, -0.2) is 38.8 Å². The number of aryl methyl sites for hydroxylation is 1. The van der Waals surface area contributed by atoms with Gasteiger partial charge in [-0.1, -0.05) is 0 Å². The number of nitrogens with one attached hydrogen (secondary N) is 1. The fraction of sp³-hybridized carbons (Fsp3) is 0.286. The van der Waals surface area contributed by atoms with Gasteiger partial charge in [-0.25, -0.2) is 9.36 Å². The number of amides is 1. The Morgan fingerprint density at radius 3 is 2.81 bits per heavy atom. The lowest BCUT2D eigenvalue weighted by Gasteiger charge is -2.15. The minimum atomic E-state index is -0.806. The third kappa shape index (κ3) is 4.47. The summed E-state index contributed by atoms with van der Waals surface area (Å²) in [4.78, 5) is 36.5. The number of aromatic nitrogens is 4. The summed E-state index contributed by atoms with van der Waals surface area (Å²) in [6.07, 6.45) is 2.06. The highest BCUT2D eigenvalue weighted by Gasteiger charge is 2.19. The summed E-state index contributed by atoms with van der Waals surface area (Å²) in [6.45, 7) is 2.49. The number of rotatable bonds is 7. The fourth-order valence-electron chi connectivity index (χ4n) is 3.17. The van der Waals surface area contributed by atoms with Crippen molar-refractivity contribution in [1.29, 1.82) is 0 Å². The molecule has 1 aromatic carbocycles. The first-order valence-corrected chi connectivity index (χ1v) is 9.83. The van der Waals surface area contributed by atoms with Crippen LogP contribution in [0.2, 0.25) is 0 Å². The number of nitrogens with zero attached hydrogens (tertiary/aromatic N) is 4. The van der Waals surface area contributed by atoms with Gasteiger partial charge in [0.05, 0.1) is 5.69 Å². The van der Waals surface area contributed by atoms with E-state index in [2.05, 4.69) is 15.5 Å². The van der Waals surface area contributed by atoms with Crippen molar-refractivity contribution >= 4 is 5.91 Å². The molecule has 0 bridgehead atoms. The smallest absolute Gasteiger partial charge is 0.267 e. The standard InChI is InChI=1S/C21H21N5O5/c1-14(21(29)22-9-3-11-25-19(27)4-2-10-23-25)26-20(28)8-6-16(24-26)15-5-7-17-18(12-15)31-13-30-17/h2,4-8,10,12,14H,3,9,11,13H2,1H3,(H,22,29). The minimum absolute atomic E-state index is 0.165. The third-order valence-electron chi connectivity index (χ3n) is 4.87. The molecule has 31 heavy (non-hydrogen) atoms. The molecule has 0 fully saturated rings. The molecule has 0 radical (unpaired) electrons. The summed E-state index contributed by atoms with van der Waals surface area (Å²) in [7, 11) is 0. The first-order valence-electron chi connectivity index (χ1n) is 9.83. The molecule has 0 spiro atoms. The molecule has 4 rings (SSSR count). The molecule has 1 aliphatic rings. The Morgan fingerprint density at radius 1 is 1.13 bits per heavy atom. The summed E-state index contributed by atoms with van der Waals surface area (Å²) < 4.78 is 13.2. The highest BCUT2D eigenvalue weighted by atomic mass is 16.7. The van der Waals surface area contributed by atoms with Crippen molar-refractivity contribution in [1.82, 2.24) is 24.9 Å². The summed E-state index contributed by atoms with van der Waals surface area (Å²) in [5.74, 6) is 0.915. The van der Waals surface area contributed by atoms with Gasteiger partial charge in [-0.2, -0.15) is 10.2 Å². The largest absolute Gasteiger partial charge is 0.454 e. The van der Waals surface area contributed by atoms with Crippen LogP contribution in [0.5, 0.6) is 11.5 Å². The van der Waals surface area contributed by atoms with Gasteiger partial charge in [0.1, 0.15) is 6.04 Å². The Kier molecular flexibility index (Phi) is 5.78. The lowest BCUT2D eigenvalue weighted by Crippen LogP contribution is -2.37. The van der Waals surface area contributed by atoms with E-state index in [1.165, 1.54) is 23.0 Å². The Hall–Kier alpha value is -3.95. The quantitative estimate of drug-likeness (QED) is 0.563. The predicted octanol–water partition coefficient (Wildman–Crippen LogP) is 0.963. The Bertz CT molecular complexity index is 1220. The third-order valence-corrected chi connectivity index (χ3v) is 4.87. The average Bonchev–Trinajstić information content (AvgIpc) is 3.25. The van der Waals surface area contributed by atoms with Crippen LogP contribution in [-0.2, 0) is 11.3 Å². The number of carbonyl (C=O) groups is 1. The van der Waals surface area contributed by atoms with Gasteiger partial charge in [-0.15, -0.1) is 0 Å². The van der Waals surface area contributed by atoms with Gasteiger partial charge in [0.25, 0.3) is 11.1 Å². The van der Waals surface area contributed by atoms with Gasteiger partial charge in [0, 0.05) is 37.0 Å². The Labute approximate surface area is 177 Å². The highest BCUT2D eigenvalue weighted by Crippen LogP contribution is 2.35. The van der Waals surface area contributed by atoms with Crippen LogP contribution in [0.3, 0.4) is 0 Å². The lowest BCUT2D eigenvalue weighted by atomic mass is 10.1. The number of hydrogen-bond acceptors (Lipinski definition) is 7. The second-order valence-electron chi connectivity index (χ2n) is 6.98. The fourth-order valence-corrected chi connectivity index (χ4v) is 3.17. The normalized spacial score (nSPS) is 13.1. The van der Waals surface area contributed by atoms with E-state index >= 15 is 0 Å². The second kappa shape index (κ2) is 8.82. The molecular formula is C21H21N5O5. The minimum Gasteiger partial charge on any atom is -0.454 e. The molecule has 1 amide bonds. The Morgan fingerprint density at radius 2 is 1.97 bits per heavy atom. The maximum atomic E-state index is 12.5. The van der Waals surface area contributed by atoms with Gasteiger partial charge in [-0.05, 0) is 43.7 Å². The Balaban J connectivity index is 1.41. The van der Waals surface area contributed by atoms with Crippen LogP contribution in [0.1, 0.15) is 19.4 Å². The average molecular weight is 423 g/mol. The molecule has 1 N–H and O–H groups in total. The number of benzene rings is 1. The van der Waals surface area contributed by atoms with E-state index in [0.29, 0.717) is 36.7 Å². The van der Waals surface area contributed by atoms with Crippen LogP contribution < -0.4 is 25.9 Å². The number of carbonyl (C=O) groups excluding carboxylic acids is 1. The van der Waals surface area contributed by atoms with Crippen molar-refractivity contribution in [2.75, 3.05) is 13.3 Å². The van der Waals surface area contributed by atoms with E-state index in [9.17, 15) is 14.4 Å². The van der Waals surface area contributed by atoms with Crippen LogP contribution in [0, 0.1) is 0 Å². The van der Waals surface area contributed by atoms with E-state index in [-0.39, 0.29) is 23.8 Å². The molecule has 0 saturated heterocycles. The van der Waals surface area contributed by atoms with Crippen LogP contribution in [0.25, 0.3) is 11.3 Å². The summed E-state index contributed by atoms with van der Waals surface area (Å²) in [6, 6.07) is 10.6. The SMILES string of the molecule is CC(C(=O)NCCCn1ncccc1=O)n1nc(-c2ccc3c(c2)OCO3)ccc1=O. The molecule has 10 nitrogen and oxygen atoms in total. The second-order valence-corrected chi connectivity index (χ2v) is 6.98. The van der Waals surface area contributed by atoms with Crippen molar-refractivity contribution in [3.05, 3.63) is 69.4 Å². The molecule has 160 valence electrons. The monoisotopic (exact) mass is 423 g/mol. The zero-order valence-corrected chi connectivity index (χ0v) is 16.9.